The van der Waals surface area contributed by atoms with Crippen LogP contribution in [0.5, 0.6) is 0 Å². The van der Waals surface area contributed by atoms with Crippen LogP contribution in [0.25, 0.3) is 0 Å². The number of hydrogen-bond donors (Lipinski definition) is 1. The normalized spacial score (nSPS) is 16.2. The third-order valence-electron chi connectivity index (χ3n) is 3.89. The van der Waals surface area contributed by atoms with E-state index < -0.39 is 10.0 Å². The maximum atomic E-state index is 11.8. The molecule has 6 nitrogen and oxygen atoms in total. The van der Waals surface area contributed by atoms with E-state index in [9.17, 15) is 13.2 Å². The number of rotatable bonds is 8. The van der Waals surface area contributed by atoms with Gasteiger partial charge in [0.1, 0.15) is 0 Å². The van der Waals surface area contributed by atoms with E-state index in [4.69, 9.17) is 0 Å². The predicted molar refractivity (Wildman–Crippen MR) is 105 cm³/mol. The van der Waals surface area contributed by atoms with Gasteiger partial charge in [0.2, 0.25) is 15.9 Å². The van der Waals surface area contributed by atoms with Gasteiger partial charge in [0.05, 0.1) is 6.26 Å². The SMILES string of the molecule is CS(=O)(=O)N1CCN(CCNC(=O)CCSc2ccccc2)CC1.Cl. The summed E-state index contributed by atoms with van der Waals surface area (Å²) in [4.78, 5) is 15.2. The summed E-state index contributed by atoms with van der Waals surface area (Å²) in [7, 11) is -3.08. The molecule has 1 amide bonds. The Labute approximate surface area is 160 Å². The van der Waals surface area contributed by atoms with Crippen LogP contribution in [0, 0.1) is 0 Å². The van der Waals surface area contributed by atoms with Gasteiger partial charge in [0.25, 0.3) is 0 Å². The summed E-state index contributed by atoms with van der Waals surface area (Å²) in [5.74, 6) is 0.830. The Balaban J connectivity index is 0.00000312. The van der Waals surface area contributed by atoms with Crippen LogP contribution in [0.1, 0.15) is 6.42 Å². The van der Waals surface area contributed by atoms with Crippen molar-refractivity contribution in [3.63, 3.8) is 0 Å². The highest BCUT2D eigenvalue weighted by atomic mass is 35.5. The number of carbonyl (C=O) groups excluding carboxylic acids is 1. The summed E-state index contributed by atoms with van der Waals surface area (Å²) in [6.07, 6.45) is 1.75. The van der Waals surface area contributed by atoms with Crippen LogP contribution in [0.15, 0.2) is 35.2 Å². The summed E-state index contributed by atoms with van der Waals surface area (Å²) >= 11 is 1.68. The highest BCUT2D eigenvalue weighted by Crippen LogP contribution is 2.17. The number of hydrogen-bond acceptors (Lipinski definition) is 5. The van der Waals surface area contributed by atoms with Crippen molar-refractivity contribution in [2.75, 3.05) is 51.3 Å². The van der Waals surface area contributed by atoms with Crippen molar-refractivity contribution >= 4 is 40.1 Å². The molecular formula is C16H26ClN3O3S2. The number of carbonyl (C=O) groups is 1. The predicted octanol–water partition coefficient (Wildman–Crippen LogP) is 1.28. The van der Waals surface area contributed by atoms with Crippen LogP contribution in [0.4, 0.5) is 0 Å². The Morgan fingerprint density at radius 2 is 1.80 bits per heavy atom. The summed E-state index contributed by atoms with van der Waals surface area (Å²) in [5, 5.41) is 2.93. The number of amides is 1. The van der Waals surface area contributed by atoms with Crippen molar-refractivity contribution in [2.45, 2.75) is 11.3 Å². The molecule has 25 heavy (non-hydrogen) atoms. The van der Waals surface area contributed by atoms with Crippen molar-refractivity contribution in [1.29, 1.82) is 0 Å². The monoisotopic (exact) mass is 407 g/mol. The summed E-state index contributed by atoms with van der Waals surface area (Å²) in [6, 6.07) is 10.0. The molecule has 142 valence electrons. The van der Waals surface area contributed by atoms with Gasteiger partial charge in [-0.25, -0.2) is 8.42 Å². The lowest BCUT2D eigenvalue weighted by atomic mass is 10.3. The lowest BCUT2D eigenvalue weighted by Crippen LogP contribution is -2.49. The molecule has 1 aromatic rings. The molecule has 0 spiro atoms. The maximum Gasteiger partial charge on any atom is 0.220 e. The highest BCUT2D eigenvalue weighted by molar-refractivity contribution is 7.99. The molecule has 1 aliphatic rings. The van der Waals surface area contributed by atoms with Gasteiger partial charge in [-0.2, -0.15) is 4.31 Å². The Kier molecular flexibility index (Phi) is 9.81. The average molecular weight is 408 g/mol. The Bertz CT molecular complexity index is 621. The largest absolute Gasteiger partial charge is 0.355 e. The van der Waals surface area contributed by atoms with Gasteiger partial charge in [-0.05, 0) is 12.1 Å². The number of piperazine rings is 1. The molecule has 1 aliphatic heterocycles. The zero-order valence-electron chi connectivity index (χ0n) is 14.4. The first-order valence-corrected chi connectivity index (χ1v) is 10.9. The number of benzene rings is 1. The van der Waals surface area contributed by atoms with E-state index in [0.717, 1.165) is 12.3 Å². The fraction of sp³-hybridized carbons (Fsp3) is 0.562. The van der Waals surface area contributed by atoms with Crippen molar-refractivity contribution in [3.05, 3.63) is 30.3 Å². The third-order valence-corrected chi connectivity index (χ3v) is 6.21. The van der Waals surface area contributed by atoms with Gasteiger partial charge in [0.15, 0.2) is 0 Å². The molecule has 0 aliphatic carbocycles. The van der Waals surface area contributed by atoms with E-state index in [-0.39, 0.29) is 18.3 Å². The molecule has 0 atom stereocenters. The Morgan fingerprint density at radius 1 is 1.16 bits per heavy atom. The average Bonchev–Trinajstić information content (AvgIpc) is 2.55. The smallest absolute Gasteiger partial charge is 0.220 e. The lowest BCUT2D eigenvalue weighted by Gasteiger charge is -2.33. The fourth-order valence-electron chi connectivity index (χ4n) is 2.50. The molecule has 0 radical (unpaired) electrons. The first kappa shape index (κ1) is 22.2. The van der Waals surface area contributed by atoms with E-state index in [1.165, 1.54) is 15.5 Å². The van der Waals surface area contributed by atoms with E-state index in [1.54, 1.807) is 11.8 Å². The third kappa shape index (κ3) is 8.42. The van der Waals surface area contributed by atoms with Gasteiger partial charge in [-0.15, -0.1) is 24.2 Å². The minimum atomic E-state index is -3.08. The van der Waals surface area contributed by atoms with Crippen molar-refractivity contribution in [1.82, 2.24) is 14.5 Å². The summed E-state index contributed by atoms with van der Waals surface area (Å²) in [5.41, 5.74) is 0. The number of sulfonamides is 1. The van der Waals surface area contributed by atoms with E-state index in [1.807, 2.05) is 30.3 Å². The number of halogens is 1. The molecule has 0 bridgehead atoms. The first-order chi connectivity index (χ1) is 11.4. The molecule has 9 heteroatoms. The second-order valence-electron chi connectivity index (χ2n) is 5.77. The van der Waals surface area contributed by atoms with Crippen molar-refractivity contribution in [3.8, 4) is 0 Å². The molecule has 1 heterocycles. The minimum absolute atomic E-state index is 0. The minimum Gasteiger partial charge on any atom is -0.355 e. The Morgan fingerprint density at radius 3 is 2.40 bits per heavy atom. The van der Waals surface area contributed by atoms with Crippen molar-refractivity contribution in [2.24, 2.45) is 0 Å². The quantitative estimate of drug-likeness (QED) is 0.657. The van der Waals surface area contributed by atoms with Gasteiger partial charge >= 0.3 is 0 Å². The fourth-order valence-corrected chi connectivity index (χ4v) is 4.20. The van der Waals surface area contributed by atoms with E-state index >= 15 is 0 Å². The van der Waals surface area contributed by atoms with Crippen LogP contribution in [0.3, 0.4) is 0 Å². The van der Waals surface area contributed by atoms with Gasteiger partial charge in [-0.3, -0.25) is 9.69 Å². The molecule has 2 rings (SSSR count). The molecule has 0 unspecified atom stereocenters. The standard InChI is InChI=1S/C16H25N3O3S2.ClH/c1-24(21,22)19-12-10-18(11-13-19)9-8-17-16(20)7-14-23-15-5-3-2-4-6-15;/h2-6H,7-14H2,1H3,(H,17,20);1H. The molecule has 0 aromatic heterocycles. The highest BCUT2D eigenvalue weighted by Gasteiger charge is 2.22. The van der Waals surface area contributed by atoms with Crippen LogP contribution < -0.4 is 5.32 Å². The lowest BCUT2D eigenvalue weighted by molar-refractivity contribution is -0.120. The first-order valence-electron chi connectivity index (χ1n) is 8.07. The summed E-state index contributed by atoms with van der Waals surface area (Å²) in [6.45, 7) is 3.85. The van der Waals surface area contributed by atoms with E-state index in [0.29, 0.717) is 39.1 Å². The molecule has 1 aromatic carbocycles. The molecular weight excluding hydrogens is 382 g/mol. The zero-order chi connectivity index (χ0) is 17.4. The molecule has 1 N–H and O–H groups in total. The molecule has 0 saturated carbocycles. The zero-order valence-corrected chi connectivity index (χ0v) is 16.8. The second kappa shape index (κ2) is 11.0. The summed E-state index contributed by atoms with van der Waals surface area (Å²) < 4.78 is 24.4. The van der Waals surface area contributed by atoms with Crippen molar-refractivity contribution < 1.29 is 13.2 Å². The van der Waals surface area contributed by atoms with Gasteiger partial charge in [0, 0.05) is 56.3 Å². The van der Waals surface area contributed by atoms with Crippen LogP contribution in [0.2, 0.25) is 0 Å². The second-order valence-corrected chi connectivity index (χ2v) is 8.92. The van der Waals surface area contributed by atoms with Crippen LogP contribution >= 0.6 is 24.2 Å². The number of nitrogens with one attached hydrogen (secondary N) is 1. The molecule has 1 fully saturated rings. The maximum absolute atomic E-state index is 11.8. The van der Waals surface area contributed by atoms with Crippen LogP contribution in [-0.4, -0.2) is 74.8 Å². The molecule has 1 saturated heterocycles. The topological polar surface area (TPSA) is 69.7 Å². The Hall–Kier alpha value is -0.800. The van der Waals surface area contributed by atoms with Gasteiger partial charge in [-0.1, -0.05) is 18.2 Å². The number of thioether (sulfide) groups is 1. The van der Waals surface area contributed by atoms with Gasteiger partial charge < -0.3 is 5.32 Å². The van der Waals surface area contributed by atoms with E-state index in [2.05, 4.69) is 10.2 Å². The number of nitrogens with zero attached hydrogens (tertiary/aromatic N) is 2. The van der Waals surface area contributed by atoms with Crippen LogP contribution in [-0.2, 0) is 14.8 Å².